The molecule has 2 aromatic rings. The largest absolute Gasteiger partial charge is 0.310 e. The summed E-state index contributed by atoms with van der Waals surface area (Å²) < 4.78 is 2.20. The molecule has 0 N–H and O–H groups in total. The van der Waals surface area contributed by atoms with Gasteiger partial charge in [0, 0.05) is 34.6 Å². The SMILES string of the molecule is CCSN(Cc1ccc(C(=O)CC)cn1)c1ccc(Cl)c(C)c1. The summed E-state index contributed by atoms with van der Waals surface area (Å²) in [5, 5.41) is 0.774. The van der Waals surface area contributed by atoms with E-state index in [1.807, 2.05) is 38.1 Å². The fourth-order valence-electron chi connectivity index (χ4n) is 2.19. The van der Waals surface area contributed by atoms with Gasteiger partial charge in [0.1, 0.15) is 0 Å². The van der Waals surface area contributed by atoms with Crippen LogP contribution >= 0.6 is 23.5 Å². The van der Waals surface area contributed by atoms with Crippen LogP contribution in [0.15, 0.2) is 36.5 Å². The molecule has 3 nitrogen and oxygen atoms in total. The molecular formula is C18H21ClN2OS. The highest BCUT2D eigenvalue weighted by Crippen LogP contribution is 2.28. The third-order valence-corrected chi connectivity index (χ3v) is 4.82. The van der Waals surface area contributed by atoms with E-state index in [0.717, 1.165) is 27.7 Å². The predicted octanol–water partition coefficient (Wildman–Crippen LogP) is 5.31. The third kappa shape index (κ3) is 4.72. The topological polar surface area (TPSA) is 33.2 Å². The molecule has 0 atom stereocenters. The summed E-state index contributed by atoms with van der Waals surface area (Å²) in [6.45, 7) is 6.67. The number of benzene rings is 1. The zero-order chi connectivity index (χ0) is 16.8. The van der Waals surface area contributed by atoms with Crippen molar-refractivity contribution in [2.45, 2.75) is 33.7 Å². The number of halogens is 1. The highest BCUT2D eigenvalue weighted by molar-refractivity contribution is 8.00. The molecule has 23 heavy (non-hydrogen) atoms. The number of carbonyl (C=O) groups is 1. The minimum Gasteiger partial charge on any atom is -0.310 e. The molecule has 0 spiro atoms. The standard InChI is InChI=1S/C18H21ClN2OS/c1-4-18(22)14-6-7-15(20-11-14)12-21(23-5-2)16-8-9-17(19)13(3)10-16/h6-11H,4-5,12H2,1-3H3. The second kappa shape index (κ2) is 8.37. The lowest BCUT2D eigenvalue weighted by Gasteiger charge is -2.23. The maximum atomic E-state index is 11.7. The number of aryl methyl sites for hydroxylation is 1. The highest BCUT2D eigenvalue weighted by atomic mass is 35.5. The van der Waals surface area contributed by atoms with Crippen LogP contribution in [0.1, 0.15) is 41.9 Å². The Kier molecular flexibility index (Phi) is 6.48. The summed E-state index contributed by atoms with van der Waals surface area (Å²) >= 11 is 7.85. The molecule has 0 radical (unpaired) electrons. The lowest BCUT2D eigenvalue weighted by atomic mass is 10.1. The molecule has 5 heteroatoms. The Balaban J connectivity index is 2.18. The van der Waals surface area contributed by atoms with Crippen molar-refractivity contribution in [3.8, 4) is 0 Å². The number of anilines is 1. The van der Waals surface area contributed by atoms with Crippen molar-refractivity contribution >= 4 is 35.0 Å². The quantitative estimate of drug-likeness (QED) is 0.501. The third-order valence-electron chi connectivity index (χ3n) is 3.49. The lowest BCUT2D eigenvalue weighted by molar-refractivity contribution is 0.0988. The van der Waals surface area contributed by atoms with E-state index in [1.165, 1.54) is 0 Å². The first-order valence-electron chi connectivity index (χ1n) is 7.69. The Morgan fingerprint density at radius 2 is 2.04 bits per heavy atom. The Morgan fingerprint density at radius 3 is 2.61 bits per heavy atom. The number of Topliss-reactive ketones (excluding diaryl/α,β-unsaturated/α-hetero) is 1. The van der Waals surface area contributed by atoms with Crippen molar-refractivity contribution in [1.82, 2.24) is 4.98 Å². The number of ketones is 1. The molecule has 1 aromatic carbocycles. The Hall–Kier alpha value is -1.52. The second-order valence-electron chi connectivity index (χ2n) is 5.20. The van der Waals surface area contributed by atoms with Gasteiger partial charge in [-0.15, -0.1) is 0 Å². The number of hydrogen-bond donors (Lipinski definition) is 0. The first-order chi connectivity index (χ1) is 11.0. The maximum absolute atomic E-state index is 11.7. The Morgan fingerprint density at radius 1 is 1.26 bits per heavy atom. The van der Waals surface area contributed by atoms with E-state index in [2.05, 4.69) is 22.3 Å². The van der Waals surface area contributed by atoms with Crippen LogP contribution in [-0.4, -0.2) is 16.5 Å². The van der Waals surface area contributed by atoms with Crippen molar-refractivity contribution in [3.63, 3.8) is 0 Å². The molecule has 0 saturated heterocycles. The van der Waals surface area contributed by atoms with E-state index in [9.17, 15) is 4.79 Å². The predicted molar refractivity (Wildman–Crippen MR) is 99.4 cm³/mol. The number of carbonyl (C=O) groups excluding carboxylic acids is 1. The summed E-state index contributed by atoms with van der Waals surface area (Å²) in [4.78, 5) is 16.1. The molecule has 0 saturated carbocycles. The van der Waals surface area contributed by atoms with E-state index in [1.54, 1.807) is 18.1 Å². The number of hydrogen-bond acceptors (Lipinski definition) is 4. The average molecular weight is 349 g/mol. The Bertz CT molecular complexity index is 673. The van der Waals surface area contributed by atoms with Gasteiger partial charge in [0.2, 0.25) is 0 Å². The van der Waals surface area contributed by atoms with Crippen LogP contribution in [0.3, 0.4) is 0 Å². The minimum absolute atomic E-state index is 0.122. The van der Waals surface area contributed by atoms with Gasteiger partial charge in [-0.3, -0.25) is 9.78 Å². The average Bonchev–Trinajstić information content (AvgIpc) is 2.57. The molecule has 0 unspecified atom stereocenters. The number of pyridine rings is 1. The van der Waals surface area contributed by atoms with Crippen molar-refractivity contribution in [1.29, 1.82) is 0 Å². The normalized spacial score (nSPS) is 10.6. The molecule has 0 bridgehead atoms. The minimum atomic E-state index is 0.122. The second-order valence-corrected chi connectivity index (χ2v) is 6.89. The zero-order valence-electron chi connectivity index (χ0n) is 13.7. The highest BCUT2D eigenvalue weighted by Gasteiger charge is 2.11. The molecule has 1 heterocycles. The smallest absolute Gasteiger partial charge is 0.164 e. The first-order valence-corrected chi connectivity index (χ1v) is 9.02. The number of rotatable bonds is 7. The van der Waals surface area contributed by atoms with Gasteiger partial charge in [0.15, 0.2) is 5.78 Å². The van der Waals surface area contributed by atoms with Crippen LogP contribution in [0.5, 0.6) is 0 Å². The van der Waals surface area contributed by atoms with Gasteiger partial charge in [-0.05, 0) is 54.8 Å². The van der Waals surface area contributed by atoms with Crippen molar-refractivity contribution in [2.24, 2.45) is 0 Å². The maximum Gasteiger partial charge on any atom is 0.164 e. The van der Waals surface area contributed by atoms with E-state index < -0.39 is 0 Å². The van der Waals surface area contributed by atoms with Gasteiger partial charge < -0.3 is 4.31 Å². The molecule has 0 aliphatic rings. The van der Waals surface area contributed by atoms with Crippen LogP contribution in [-0.2, 0) is 6.54 Å². The van der Waals surface area contributed by atoms with Crippen LogP contribution < -0.4 is 4.31 Å². The van der Waals surface area contributed by atoms with Crippen LogP contribution in [0.4, 0.5) is 5.69 Å². The van der Waals surface area contributed by atoms with Gasteiger partial charge >= 0.3 is 0 Å². The molecule has 0 fully saturated rings. The molecule has 1 aromatic heterocycles. The van der Waals surface area contributed by atoms with Crippen molar-refractivity contribution in [3.05, 3.63) is 58.4 Å². The summed E-state index contributed by atoms with van der Waals surface area (Å²) in [5.41, 5.74) is 3.77. The van der Waals surface area contributed by atoms with Crippen LogP contribution in [0.25, 0.3) is 0 Å². The van der Waals surface area contributed by atoms with Crippen LogP contribution in [0.2, 0.25) is 5.02 Å². The summed E-state index contributed by atoms with van der Waals surface area (Å²) in [7, 11) is 0. The van der Waals surface area contributed by atoms with Gasteiger partial charge in [-0.2, -0.15) is 0 Å². The molecule has 0 aliphatic carbocycles. The van der Waals surface area contributed by atoms with E-state index in [-0.39, 0.29) is 5.78 Å². The summed E-state index contributed by atoms with van der Waals surface area (Å²) in [5.74, 6) is 1.09. The molecule has 0 amide bonds. The zero-order valence-corrected chi connectivity index (χ0v) is 15.2. The van der Waals surface area contributed by atoms with Gasteiger partial charge in [-0.1, -0.05) is 25.4 Å². The van der Waals surface area contributed by atoms with E-state index >= 15 is 0 Å². The monoisotopic (exact) mass is 348 g/mol. The van der Waals surface area contributed by atoms with E-state index in [0.29, 0.717) is 18.5 Å². The Labute approximate surface area is 147 Å². The van der Waals surface area contributed by atoms with Gasteiger partial charge in [0.05, 0.1) is 12.2 Å². The van der Waals surface area contributed by atoms with Crippen molar-refractivity contribution < 1.29 is 4.79 Å². The first kappa shape index (κ1) is 17.8. The van der Waals surface area contributed by atoms with Gasteiger partial charge in [-0.25, -0.2) is 0 Å². The molecule has 2 rings (SSSR count). The number of aromatic nitrogens is 1. The summed E-state index contributed by atoms with van der Waals surface area (Å²) in [6, 6.07) is 9.81. The molecule has 0 aliphatic heterocycles. The van der Waals surface area contributed by atoms with Crippen LogP contribution in [0, 0.1) is 6.92 Å². The summed E-state index contributed by atoms with van der Waals surface area (Å²) in [6.07, 6.45) is 2.17. The van der Waals surface area contributed by atoms with Crippen molar-refractivity contribution in [2.75, 3.05) is 10.1 Å². The van der Waals surface area contributed by atoms with E-state index in [4.69, 9.17) is 11.6 Å². The molecular weight excluding hydrogens is 328 g/mol. The fraction of sp³-hybridized carbons (Fsp3) is 0.333. The fourth-order valence-corrected chi connectivity index (χ4v) is 3.10. The lowest BCUT2D eigenvalue weighted by Crippen LogP contribution is -2.15. The number of nitrogens with zero attached hydrogens (tertiary/aromatic N) is 2. The van der Waals surface area contributed by atoms with Gasteiger partial charge in [0.25, 0.3) is 0 Å². The molecule has 122 valence electrons.